The maximum Gasteiger partial charge on any atom is 0.243 e. The van der Waals surface area contributed by atoms with Gasteiger partial charge in [-0.15, -0.1) is 11.8 Å². The summed E-state index contributed by atoms with van der Waals surface area (Å²) < 4.78 is 0. The van der Waals surface area contributed by atoms with Gasteiger partial charge in [-0.3, -0.25) is 9.59 Å². The third-order valence-corrected chi connectivity index (χ3v) is 7.04. The SMILES string of the molecule is CC[C@H](C)NC(=O)[C@H](CC)N(Cc1ccccc1C)C(=O)CSCc1ccc(Cl)cc1Cl. The third kappa shape index (κ3) is 7.72. The number of carbonyl (C=O) groups is 2. The van der Waals surface area contributed by atoms with Crippen LogP contribution in [0.2, 0.25) is 10.0 Å². The van der Waals surface area contributed by atoms with Crippen molar-refractivity contribution >= 4 is 46.8 Å². The van der Waals surface area contributed by atoms with Gasteiger partial charge in [-0.25, -0.2) is 0 Å². The van der Waals surface area contributed by atoms with Gasteiger partial charge < -0.3 is 10.2 Å². The number of rotatable bonds is 11. The second-order valence-corrected chi connectivity index (χ2v) is 9.75. The molecule has 2 rings (SSSR count). The van der Waals surface area contributed by atoms with Crippen LogP contribution in [-0.4, -0.2) is 34.6 Å². The zero-order valence-electron chi connectivity index (χ0n) is 19.2. The van der Waals surface area contributed by atoms with Gasteiger partial charge in [0.2, 0.25) is 11.8 Å². The van der Waals surface area contributed by atoms with Gasteiger partial charge >= 0.3 is 0 Å². The molecule has 0 aliphatic carbocycles. The molecular formula is C25H32Cl2N2O2S. The Morgan fingerprint density at radius 3 is 2.41 bits per heavy atom. The number of halogens is 2. The van der Waals surface area contributed by atoms with Crippen molar-refractivity contribution in [2.24, 2.45) is 0 Å². The Morgan fingerprint density at radius 2 is 1.78 bits per heavy atom. The quantitative estimate of drug-likeness (QED) is 0.401. The van der Waals surface area contributed by atoms with E-state index in [0.29, 0.717) is 28.8 Å². The van der Waals surface area contributed by atoms with Gasteiger partial charge in [-0.1, -0.05) is 67.4 Å². The fraction of sp³-hybridized carbons (Fsp3) is 0.440. The normalized spacial score (nSPS) is 12.8. The zero-order chi connectivity index (χ0) is 23.7. The average Bonchev–Trinajstić information content (AvgIpc) is 2.76. The zero-order valence-corrected chi connectivity index (χ0v) is 21.5. The lowest BCUT2D eigenvalue weighted by atomic mass is 10.1. The largest absolute Gasteiger partial charge is 0.352 e. The second kappa shape index (κ2) is 13.1. The van der Waals surface area contributed by atoms with Crippen LogP contribution in [0.3, 0.4) is 0 Å². The fourth-order valence-electron chi connectivity index (χ4n) is 3.30. The van der Waals surface area contributed by atoms with Crippen LogP contribution in [0.5, 0.6) is 0 Å². The molecule has 7 heteroatoms. The van der Waals surface area contributed by atoms with Crippen LogP contribution in [0.25, 0.3) is 0 Å². The third-order valence-electron chi connectivity index (χ3n) is 5.49. The van der Waals surface area contributed by atoms with E-state index in [0.717, 1.165) is 23.1 Å². The van der Waals surface area contributed by atoms with Gasteiger partial charge in [0.15, 0.2) is 0 Å². The molecule has 2 atom stereocenters. The number of hydrogen-bond donors (Lipinski definition) is 1. The number of benzene rings is 2. The molecule has 2 aromatic carbocycles. The molecule has 0 unspecified atom stereocenters. The van der Waals surface area contributed by atoms with E-state index in [-0.39, 0.29) is 23.6 Å². The summed E-state index contributed by atoms with van der Waals surface area (Å²) in [6.07, 6.45) is 1.39. The van der Waals surface area contributed by atoms with Crippen molar-refractivity contribution in [3.8, 4) is 0 Å². The van der Waals surface area contributed by atoms with E-state index in [9.17, 15) is 9.59 Å². The number of aryl methyl sites for hydroxylation is 1. The first-order valence-corrected chi connectivity index (χ1v) is 12.8. The second-order valence-electron chi connectivity index (χ2n) is 7.92. The first kappa shape index (κ1) is 26.6. The molecule has 174 valence electrons. The number of amides is 2. The highest BCUT2D eigenvalue weighted by atomic mass is 35.5. The Balaban J connectivity index is 2.17. The molecule has 0 aromatic heterocycles. The minimum atomic E-state index is -0.518. The van der Waals surface area contributed by atoms with Crippen LogP contribution in [0.15, 0.2) is 42.5 Å². The van der Waals surface area contributed by atoms with E-state index in [1.165, 1.54) is 11.8 Å². The molecule has 0 aliphatic rings. The van der Waals surface area contributed by atoms with Gasteiger partial charge in [0.1, 0.15) is 6.04 Å². The maximum absolute atomic E-state index is 13.3. The highest BCUT2D eigenvalue weighted by molar-refractivity contribution is 7.99. The molecule has 0 radical (unpaired) electrons. The molecule has 1 N–H and O–H groups in total. The predicted octanol–water partition coefficient (Wildman–Crippen LogP) is 6.26. The van der Waals surface area contributed by atoms with Gasteiger partial charge in [-0.05, 0) is 55.5 Å². The summed E-state index contributed by atoms with van der Waals surface area (Å²) in [5.41, 5.74) is 3.07. The predicted molar refractivity (Wildman–Crippen MR) is 136 cm³/mol. The molecule has 0 saturated carbocycles. The number of nitrogens with one attached hydrogen (secondary N) is 1. The Bertz CT molecular complexity index is 923. The molecule has 0 spiro atoms. The molecular weight excluding hydrogens is 463 g/mol. The summed E-state index contributed by atoms with van der Waals surface area (Å²) in [6, 6.07) is 12.9. The fourth-order valence-corrected chi connectivity index (χ4v) is 4.77. The molecule has 0 fully saturated rings. The van der Waals surface area contributed by atoms with Crippen molar-refractivity contribution in [2.75, 3.05) is 5.75 Å². The van der Waals surface area contributed by atoms with Crippen LogP contribution in [0.1, 0.15) is 50.3 Å². The van der Waals surface area contributed by atoms with Crippen molar-refractivity contribution in [3.63, 3.8) is 0 Å². The van der Waals surface area contributed by atoms with E-state index in [4.69, 9.17) is 23.2 Å². The van der Waals surface area contributed by atoms with Crippen molar-refractivity contribution < 1.29 is 9.59 Å². The lowest BCUT2D eigenvalue weighted by Gasteiger charge is -2.32. The van der Waals surface area contributed by atoms with Crippen LogP contribution < -0.4 is 5.32 Å². The van der Waals surface area contributed by atoms with E-state index in [1.807, 2.05) is 58.0 Å². The monoisotopic (exact) mass is 494 g/mol. The van der Waals surface area contributed by atoms with E-state index in [1.54, 1.807) is 17.0 Å². The smallest absolute Gasteiger partial charge is 0.243 e. The van der Waals surface area contributed by atoms with Crippen LogP contribution in [0.4, 0.5) is 0 Å². The van der Waals surface area contributed by atoms with Crippen LogP contribution >= 0.6 is 35.0 Å². The van der Waals surface area contributed by atoms with E-state index in [2.05, 4.69) is 5.32 Å². The lowest BCUT2D eigenvalue weighted by Crippen LogP contribution is -2.51. The number of hydrogen-bond acceptors (Lipinski definition) is 3. The van der Waals surface area contributed by atoms with E-state index >= 15 is 0 Å². The highest BCUT2D eigenvalue weighted by Crippen LogP contribution is 2.25. The molecule has 0 bridgehead atoms. The standard InChI is InChI=1S/C25H32Cl2N2O2S/c1-5-18(4)28-25(31)23(6-2)29(14-19-10-8-7-9-17(19)3)24(30)16-32-15-20-11-12-21(26)13-22(20)27/h7-13,18,23H,5-6,14-16H2,1-4H3,(H,28,31)/t18-,23-/m0/s1. The van der Waals surface area contributed by atoms with Crippen molar-refractivity contribution in [1.82, 2.24) is 10.2 Å². The highest BCUT2D eigenvalue weighted by Gasteiger charge is 2.29. The molecule has 0 saturated heterocycles. The topological polar surface area (TPSA) is 49.4 Å². The summed E-state index contributed by atoms with van der Waals surface area (Å²) in [5.74, 6) is 0.692. The molecule has 2 amide bonds. The van der Waals surface area contributed by atoms with E-state index < -0.39 is 6.04 Å². The number of thioether (sulfide) groups is 1. The number of carbonyl (C=O) groups excluding carboxylic acids is 2. The Hall–Kier alpha value is -1.69. The molecule has 2 aromatic rings. The first-order valence-electron chi connectivity index (χ1n) is 10.9. The summed E-state index contributed by atoms with van der Waals surface area (Å²) in [7, 11) is 0. The average molecular weight is 496 g/mol. The number of nitrogens with zero attached hydrogens (tertiary/aromatic N) is 1. The van der Waals surface area contributed by atoms with Gasteiger partial charge in [0, 0.05) is 28.4 Å². The van der Waals surface area contributed by atoms with Crippen molar-refractivity contribution in [2.45, 2.75) is 64.9 Å². The summed E-state index contributed by atoms with van der Waals surface area (Å²) in [5, 5.41) is 4.22. The lowest BCUT2D eigenvalue weighted by molar-refractivity contribution is -0.139. The maximum atomic E-state index is 13.3. The summed E-state index contributed by atoms with van der Waals surface area (Å²) in [4.78, 5) is 28.0. The first-order chi connectivity index (χ1) is 15.3. The van der Waals surface area contributed by atoms with Gasteiger partial charge in [-0.2, -0.15) is 0 Å². The molecule has 32 heavy (non-hydrogen) atoms. The molecule has 4 nitrogen and oxygen atoms in total. The Kier molecular flexibility index (Phi) is 10.9. The minimum absolute atomic E-state index is 0.0607. The summed E-state index contributed by atoms with van der Waals surface area (Å²) in [6.45, 7) is 8.37. The minimum Gasteiger partial charge on any atom is -0.352 e. The van der Waals surface area contributed by atoms with Gasteiger partial charge in [0.25, 0.3) is 0 Å². The Labute approximate surface area is 206 Å². The summed E-state index contributed by atoms with van der Waals surface area (Å²) >= 11 is 13.7. The van der Waals surface area contributed by atoms with Crippen LogP contribution in [-0.2, 0) is 21.9 Å². The van der Waals surface area contributed by atoms with Crippen molar-refractivity contribution in [3.05, 3.63) is 69.2 Å². The Morgan fingerprint density at radius 1 is 1.06 bits per heavy atom. The van der Waals surface area contributed by atoms with Gasteiger partial charge in [0.05, 0.1) is 5.75 Å². The molecule has 0 heterocycles. The molecule has 0 aliphatic heterocycles. The van der Waals surface area contributed by atoms with Crippen LogP contribution in [0, 0.1) is 6.92 Å². The van der Waals surface area contributed by atoms with Crippen molar-refractivity contribution in [1.29, 1.82) is 0 Å².